The largest absolute Gasteiger partial charge is 0.338 e. The van der Waals surface area contributed by atoms with Gasteiger partial charge in [-0.05, 0) is 49.2 Å². The number of hydrogen-bond acceptors (Lipinski definition) is 3. The molecule has 0 radical (unpaired) electrons. The topological polar surface area (TPSA) is 53.5 Å². The molecular weight excluding hydrogens is 345 g/mol. The van der Waals surface area contributed by atoms with Gasteiger partial charge < -0.3 is 9.80 Å². The van der Waals surface area contributed by atoms with Gasteiger partial charge in [0.2, 0.25) is 5.91 Å². The first kappa shape index (κ1) is 17.6. The Morgan fingerprint density at radius 3 is 2.63 bits per heavy atom. The number of aromatic nitrogens is 1. The van der Waals surface area contributed by atoms with Crippen molar-refractivity contribution in [2.75, 3.05) is 24.5 Å². The summed E-state index contributed by atoms with van der Waals surface area (Å²) < 4.78 is 13.2. The number of rotatable bonds is 3. The van der Waals surface area contributed by atoms with E-state index in [9.17, 15) is 14.0 Å². The van der Waals surface area contributed by atoms with Gasteiger partial charge in [-0.3, -0.25) is 14.6 Å². The molecule has 0 bridgehead atoms. The van der Waals surface area contributed by atoms with E-state index < -0.39 is 0 Å². The zero-order valence-corrected chi connectivity index (χ0v) is 15.3. The standard InChI is InChI=1S/C21H22FN3O2/c1-2-17-6-3-15(12-23-17)20(27)24-10-9-21(13-24)11-19(26)25(14-21)18-7-4-16(22)5-8-18/h3-8,12H,2,9-11,13-14H2,1H3. The summed E-state index contributed by atoms with van der Waals surface area (Å²) in [4.78, 5) is 33.2. The average molecular weight is 367 g/mol. The predicted molar refractivity (Wildman–Crippen MR) is 99.9 cm³/mol. The molecule has 2 saturated heterocycles. The van der Waals surface area contributed by atoms with Crippen molar-refractivity contribution in [1.82, 2.24) is 9.88 Å². The van der Waals surface area contributed by atoms with E-state index >= 15 is 0 Å². The highest BCUT2D eigenvalue weighted by Gasteiger charge is 2.48. The molecule has 2 fully saturated rings. The fourth-order valence-electron chi connectivity index (χ4n) is 4.08. The number of carbonyl (C=O) groups is 2. The van der Waals surface area contributed by atoms with Gasteiger partial charge in [0.25, 0.3) is 5.91 Å². The summed E-state index contributed by atoms with van der Waals surface area (Å²) in [6.45, 7) is 3.79. The fraction of sp³-hybridized carbons (Fsp3) is 0.381. The number of nitrogens with zero attached hydrogens (tertiary/aromatic N) is 3. The van der Waals surface area contributed by atoms with Crippen LogP contribution in [0.3, 0.4) is 0 Å². The lowest BCUT2D eigenvalue weighted by Gasteiger charge is -2.24. The second-order valence-corrected chi connectivity index (χ2v) is 7.50. The van der Waals surface area contributed by atoms with Crippen molar-refractivity contribution in [3.05, 3.63) is 59.7 Å². The fourth-order valence-corrected chi connectivity index (χ4v) is 4.08. The Labute approximate surface area is 157 Å². The van der Waals surface area contributed by atoms with E-state index in [0.717, 1.165) is 18.5 Å². The molecular formula is C21H22FN3O2. The van der Waals surface area contributed by atoms with Gasteiger partial charge in [-0.2, -0.15) is 0 Å². The number of likely N-dealkylation sites (tertiary alicyclic amines) is 1. The Bertz CT molecular complexity index is 866. The van der Waals surface area contributed by atoms with Gasteiger partial charge in [0, 0.05) is 49.0 Å². The van der Waals surface area contributed by atoms with E-state index in [1.54, 1.807) is 23.2 Å². The maximum atomic E-state index is 13.2. The molecule has 5 nitrogen and oxygen atoms in total. The van der Waals surface area contributed by atoms with E-state index in [4.69, 9.17) is 0 Å². The molecule has 3 heterocycles. The van der Waals surface area contributed by atoms with Crippen LogP contribution in [0.15, 0.2) is 42.6 Å². The van der Waals surface area contributed by atoms with Crippen molar-refractivity contribution < 1.29 is 14.0 Å². The monoisotopic (exact) mass is 367 g/mol. The normalized spacial score (nSPS) is 22.1. The minimum absolute atomic E-state index is 0.0323. The number of halogens is 1. The lowest BCUT2D eigenvalue weighted by molar-refractivity contribution is -0.117. The van der Waals surface area contributed by atoms with Gasteiger partial charge in [0.15, 0.2) is 0 Å². The lowest BCUT2D eigenvalue weighted by atomic mass is 9.86. The number of aryl methyl sites for hydroxylation is 1. The van der Waals surface area contributed by atoms with E-state index in [2.05, 4.69) is 4.98 Å². The molecule has 1 unspecified atom stereocenters. The van der Waals surface area contributed by atoms with Crippen molar-refractivity contribution >= 4 is 17.5 Å². The van der Waals surface area contributed by atoms with Crippen LogP contribution in [0.5, 0.6) is 0 Å². The molecule has 1 atom stereocenters. The summed E-state index contributed by atoms with van der Waals surface area (Å²) in [6, 6.07) is 9.70. The van der Waals surface area contributed by atoms with Crippen LogP contribution < -0.4 is 4.90 Å². The second-order valence-electron chi connectivity index (χ2n) is 7.50. The first-order chi connectivity index (χ1) is 13.0. The SMILES string of the molecule is CCc1ccc(C(=O)N2CCC3(CC(=O)N(c4ccc(F)cc4)C3)C2)cn1. The number of hydrogen-bond donors (Lipinski definition) is 0. The molecule has 1 aromatic heterocycles. The molecule has 2 amide bonds. The Morgan fingerprint density at radius 2 is 1.96 bits per heavy atom. The van der Waals surface area contributed by atoms with Crippen molar-refractivity contribution in [1.29, 1.82) is 0 Å². The molecule has 1 spiro atoms. The molecule has 0 saturated carbocycles. The lowest BCUT2D eigenvalue weighted by Crippen LogP contribution is -2.34. The van der Waals surface area contributed by atoms with E-state index in [1.165, 1.54) is 12.1 Å². The average Bonchev–Trinajstić information content (AvgIpc) is 3.25. The quantitative estimate of drug-likeness (QED) is 0.838. The van der Waals surface area contributed by atoms with Crippen LogP contribution in [0, 0.1) is 11.2 Å². The first-order valence-corrected chi connectivity index (χ1v) is 9.30. The summed E-state index contributed by atoms with van der Waals surface area (Å²) in [5, 5.41) is 0. The molecule has 27 heavy (non-hydrogen) atoms. The number of pyridine rings is 1. The molecule has 2 aromatic rings. The number of amides is 2. The van der Waals surface area contributed by atoms with Gasteiger partial charge in [-0.1, -0.05) is 6.92 Å². The Hall–Kier alpha value is -2.76. The Morgan fingerprint density at radius 1 is 1.19 bits per heavy atom. The smallest absolute Gasteiger partial charge is 0.255 e. The van der Waals surface area contributed by atoms with Gasteiger partial charge >= 0.3 is 0 Å². The minimum Gasteiger partial charge on any atom is -0.338 e. The van der Waals surface area contributed by atoms with Gasteiger partial charge in [0.05, 0.1) is 5.56 Å². The highest BCUT2D eigenvalue weighted by atomic mass is 19.1. The summed E-state index contributed by atoms with van der Waals surface area (Å²) >= 11 is 0. The maximum absolute atomic E-state index is 13.2. The van der Waals surface area contributed by atoms with Crippen LogP contribution in [0.1, 0.15) is 35.8 Å². The van der Waals surface area contributed by atoms with Gasteiger partial charge in [0.1, 0.15) is 5.82 Å². The molecule has 0 N–H and O–H groups in total. The van der Waals surface area contributed by atoms with Crippen molar-refractivity contribution in [3.63, 3.8) is 0 Å². The highest BCUT2D eigenvalue weighted by molar-refractivity contribution is 5.97. The zero-order valence-electron chi connectivity index (χ0n) is 15.3. The van der Waals surface area contributed by atoms with Crippen molar-refractivity contribution in [2.24, 2.45) is 5.41 Å². The summed E-state index contributed by atoms with van der Waals surface area (Å²) in [5.74, 6) is -0.319. The summed E-state index contributed by atoms with van der Waals surface area (Å²) in [5.41, 5.74) is 2.03. The number of anilines is 1. The molecule has 140 valence electrons. The number of carbonyl (C=O) groups excluding carboxylic acids is 2. The first-order valence-electron chi connectivity index (χ1n) is 9.30. The minimum atomic E-state index is -0.319. The predicted octanol–water partition coefficient (Wildman–Crippen LogP) is 3.05. The molecule has 2 aliphatic heterocycles. The van der Waals surface area contributed by atoms with Crippen LogP contribution >= 0.6 is 0 Å². The van der Waals surface area contributed by atoms with Crippen LogP contribution in [0.4, 0.5) is 10.1 Å². The molecule has 0 aliphatic carbocycles. The van der Waals surface area contributed by atoms with Crippen molar-refractivity contribution in [2.45, 2.75) is 26.2 Å². The van der Waals surface area contributed by atoms with E-state index in [0.29, 0.717) is 37.3 Å². The summed E-state index contributed by atoms with van der Waals surface area (Å²) in [7, 11) is 0. The van der Waals surface area contributed by atoms with Gasteiger partial charge in [-0.25, -0.2) is 4.39 Å². The third kappa shape index (κ3) is 3.31. The van der Waals surface area contributed by atoms with Crippen LogP contribution in [0.2, 0.25) is 0 Å². The third-order valence-electron chi connectivity index (χ3n) is 5.62. The van der Waals surface area contributed by atoms with Crippen LogP contribution in [0.25, 0.3) is 0 Å². The van der Waals surface area contributed by atoms with E-state index in [-0.39, 0.29) is 23.0 Å². The second kappa shape index (κ2) is 6.76. The number of benzene rings is 1. The van der Waals surface area contributed by atoms with Crippen LogP contribution in [-0.4, -0.2) is 41.3 Å². The van der Waals surface area contributed by atoms with Crippen LogP contribution in [-0.2, 0) is 11.2 Å². The highest BCUT2D eigenvalue weighted by Crippen LogP contribution is 2.42. The van der Waals surface area contributed by atoms with E-state index in [1.807, 2.05) is 24.0 Å². The Balaban J connectivity index is 1.47. The van der Waals surface area contributed by atoms with Crippen molar-refractivity contribution in [3.8, 4) is 0 Å². The zero-order chi connectivity index (χ0) is 19.0. The summed E-state index contributed by atoms with van der Waals surface area (Å²) in [6.07, 6.45) is 3.68. The molecule has 6 heteroatoms. The molecule has 2 aliphatic rings. The Kier molecular flexibility index (Phi) is 4.42. The third-order valence-corrected chi connectivity index (χ3v) is 5.62. The maximum Gasteiger partial charge on any atom is 0.255 e. The molecule has 1 aromatic carbocycles. The molecule has 4 rings (SSSR count). The van der Waals surface area contributed by atoms with Gasteiger partial charge in [-0.15, -0.1) is 0 Å².